The third-order valence-electron chi connectivity index (χ3n) is 11.2. The molecule has 6 atom stereocenters. The third kappa shape index (κ3) is 2.89. The highest BCUT2D eigenvalue weighted by atomic mass is 14.7. The van der Waals surface area contributed by atoms with Crippen LogP contribution in [-0.2, 0) is 0 Å². The highest BCUT2D eigenvalue weighted by molar-refractivity contribution is 5.11. The molecule has 0 amide bonds. The molecule has 152 valence electrons. The van der Waals surface area contributed by atoms with Crippen molar-refractivity contribution >= 4 is 0 Å². The summed E-state index contributed by atoms with van der Waals surface area (Å²) in [6, 6.07) is 0. The summed E-state index contributed by atoms with van der Waals surface area (Å²) in [5.41, 5.74) is 0. The fraction of sp³-hybridized carbons (Fsp3) is 1.00. The molecule has 0 N–H and O–H groups in total. The Balaban J connectivity index is 1.34. The van der Waals surface area contributed by atoms with Gasteiger partial charge in [0.25, 0.3) is 0 Å². The lowest BCUT2D eigenvalue weighted by molar-refractivity contribution is 0.0492. The van der Waals surface area contributed by atoms with Gasteiger partial charge in [0.15, 0.2) is 0 Å². The Hall–Kier alpha value is 0. The molecule has 6 fully saturated rings. The maximum atomic E-state index is 1.69. The quantitative estimate of drug-likeness (QED) is 0.465. The van der Waals surface area contributed by atoms with Gasteiger partial charge < -0.3 is 0 Å². The molecule has 0 nitrogen and oxygen atoms in total. The van der Waals surface area contributed by atoms with Gasteiger partial charge in [0.05, 0.1) is 0 Å². The van der Waals surface area contributed by atoms with Gasteiger partial charge in [-0.25, -0.2) is 0 Å². The van der Waals surface area contributed by atoms with Crippen molar-refractivity contribution in [1.82, 2.24) is 0 Å². The van der Waals surface area contributed by atoms with Crippen LogP contribution in [0.2, 0.25) is 0 Å². The fourth-order valence-electron chi connectivity index (χ4n) is 10.6. The van der Waals surface area contributed by atoms with E-state index in [0.717, 1.165) is 29.6 Å². The molecule has 0 saturated heterocycles. The molecule has 0 heteroatoms. The number of fused-ring (bicyclic) bond motifs is 3. The monoisotopic (exact) mass is 368 g/mol. The highest BCUT2D eigenvalue weighted by Gasteiger charge is 2.63. The maximum absolute atomic E-state index is 1.69. The van der Waals surface area contributed by atoms with Gasteiger partial charge in [-0.15, -0.1) is 0 Å². The first-order valence-corrected chi connectivity index (χ1v) is 13.4. The van der Waals surface area contributed by atoms with Crippen molar-refractivity contribution in [1.29, 1.82) is 0 Å². The zero-order chi connectivity index (χ0) is 17.8. The minimum atomic E-state index is 1.14. The average molecular weight is 369 g/mol. The molecule has 0 aromatic heterocycles. The van der Waals surface area contributed by atoms with Crippen molar-refractivity contribution in [3.63, 3.8) is 0 Å². The molecule has 6 aliphatic rings. The average Bonchev–Trinajstić information content (AvgIpc) is 3.28. The van der Waals surface area contributed by atoms with Crippen LogP contribution in [0, 0.1) is 59.2 Å². The van der Waals surface area contributed by atoms with Gasteiger partial charge in [-0.05, 0) is 78.4 Å². The van der Waals surface area contributed by atoms with E-state index in [-0.39, 0.29) is 0 Å². The molecular formula is C27H44. The van der Waals surface area contributed by atoms with Crippen molar-refractivity contribution in [2.75, 3.05) is 0 Å². The zero-order valence-corrected chi connectivity index (χ0v) is 17.8. The first-order valence-electron chi connectivity index (χ1n) is 13.4. The molecule has 0 aromatic carbocycles. The normalized spacial score (nSPS) is 51.1. The Morgan fingerprint density at radius 3 is 1.22 bits per heavy atom. The van der Waals surface area contributed by atoms with Crippen LogP contribution >= 0.6 is 0 Å². The van der Waals surface area contributed by atoms with Crippen LogP contribution in [0.15, 0.2) is 0 Å². The standard InChI is InChI=1S/C27H44/c1-3-9-18(10-4-1)23-17-24(19-11-5-2-6-12-19)27-22-16-8-14-20-13-7-15-21(25(20)22)26(23)27/h18-27H,1-17H2. The minimum absolute atomic E-state index is 1.14. The van der Waals surface area contributed by atoms with Gasteiger partial charge in [-0.2, -0.15) is 0 Å². The summed E-state index contributed by atoms with van der Waals surface area (Å²) < 4.78 is 0. The molecule has 0 aromatic rings. The van der Waals surface area contributed by atoms with Crippen molar-refractivity contribution in [3.8, 4) is 0 Å². The van der Waals surface area contributed by atoms with Gasteiger partial charge >= 0.3 is 0 Å². The third-order valence-corrected chi connectivity index (χ3v) is 11.2. The van der Waals surface area contributed by atoms with Crippen molar-refractivity contribution in [2.45, 2.75) is 109 Å². The first kappa shape index (κ1) is 17.8. The molecule has 0 radical (unpaired) electrons. The van der Waals surface area contributed by atoms with Gasteiger partial charge in [0.2, 0.25) is 0 Å². The smallest absolute Gasteiger partial charge is 0.0318 e. The molecule has 0 spiro atoms. The molecule has 6 unspecified atom stereocenters. The largest absolute Gasteiger partial charge is 0.0533 e. The molecule has 0 aliphatic heterocycles. The predicted molar refractivity (Wildman–Crippen MR) is 113 cm³/mol. The Morgan fingerprint density at radius 1 is 0.296 bits per heavy atom. The van der Waals surface area contributed by atoms with E-state index in [1.807, 2.05) is 0 Å². The number of hydrogen-bond acceptors (Lipinski definition) is 0. The number of rotatable bonds is 2. The molecule has 27 heavy (non-hydrogen) atoms. The minimum Gasteiger partial charge on any atom is -0.0533 e. The predicted octanol–water partition coefficient (Wildman–Crippen LogP) is 7.86. The molecule has 0 heterocycles. The summed E-state index contributed by atoms with van der Waals surface area (Å²) in [5.74, 6) is 11.7. The van der Waals surface area contributed by atoms with Crippen molar-refractivity contribution < 1.29 is 0 Å². The summed E-state index contributed by atoms with van der Waals surface area (Å²) >= 11 is 0. The van der Waals surface area contributed by atoms with Crippen molar-refractivity contribution in [3.05, 3.63) is 0 Å². The Labute approximate surface area is 168 Å². The molecule has 6 aliphatic carbocycles. The van der Waals surface area contributed by atoms with E-state index in [9.17, 15) is 0 Å². The number of hydrogen-bond donors (Lipinski definition) is 0. The topological polar surface area (TPSA) is 0 Å². The van der Waals surface area contributed by atoms with Crippen molar-refractivity contribution in [2.24, 2.45) is 59.2 Å². The van der Waals surface area contributed by atoms with E-state index in [1.165, 1.54) is 29.6 Å². The lowest BCUT2D eigenvalue weighted by Gasteiger charge is -2.45. The van der Waals surface area contributed by atoms with Crippen LogP contribution in [0.25, 0.3) is 0 Å². The van der Waals surface area contributed by atoms with E-state index in [2.05, 4.69) is 0 Å². The summed E-state index contributed by atoms with van der Waals surface area (Å²) in [4.78, 5) is 0. The Morgan fingerprint density at radius 2 is 0.741 bits per heavy atom. The van der Waals surface area contributed by atoms with Crippen LogP contribution in [0.4, 0.5) is 0 Å². The summed E-state index contributed by atoms with van der Waals surface area (Å²) in [6.45, 7) is 0. The van der Waals surface area contributed by atoms with Crippen LogP contribution in [0.3, 0.4) is 0 Å². The van der Waals surface area contributed by atoms with Gasteiger partial charge in [-0.3, -0.25) is 0 Å². The van der Waals surface area contributed by atoms with Crippen LogP contribution in [-0.4, -0.2) is 0 Å². The lowest BCUT2D eigenvalue weighted by atomic mass is 9.61. The second-order valence-corrected chi connectivity index (χ2v) is 12.0. The summed E-state index contributed by atoms with van der Waals surface area (Å²) in [6.07, 6.45) is 27.1. The van der Waals surface area contributed by atoms with Gasteiger partial charge in [0.1, 0.15) is 0 Å². The first-order chi connectivity index (χ1) is 13.4. The van der Waals surface area contributed by atoms with Gasteiger partial charge in [0, 0.05) is 0 Å². The van der Waals surface area contributed by atoms with Crippen LogP contribution in [0.1, 0.15) is 109 Å². The molecule has 6 rings (SSSR count). The molecule has 0 bridgehead atoms. The second kappa shape index (κ2) is 7.36. The van der Waals surface area contributed by atoms with E-state index in [1.54, 1.807) is 109 Å². The van der Waals surface area contributed by atoms with E-state index < -0.39 is 0 Å². The Bertz CT molecular complexity index is 466. The Kier molecular flexibility index (Phi) is 4.86. The lowest BCUT2D eigenvalue weighted by Crippen LogP contribution is -2.36. The summed E-state index contributed by atoms with van der Waals surface area (Å²) in [5, 5.41) is 0. The second-order valence-electron chi connectivity index (χ2n) is 12.0. The summed E-state index contributed by atoms with van der Waals surface area (Å²) in [7, 11) is 0. The zero-order valence-electron chi connectivity index (χ0n) is 17.8. The van der Waals surface area contributed by atoms with Crippen LogP contribution < -0.4 is 0 Å². The fourth-order valence-corrected chi connectivity index (χ4v) is 10.6. The van der Waals surface area contributed by atoms with E-state index in [0.29, 0.717) is 0 Å². The molecular weight excluding hydrogens is 324 g/mol. The van der Waals surface area contributed by atoms with E-state index >= 15 is 0 Å². The highest BCUT2D eigenvalue weighted by Crippen LogP contribution is 2.69. The SMILES string of the molecule is C1CCC(C2CC(C3CCCCC3)C3C4CCCC5CCCC(C54)C23)CC1. The maximum Gasteiger partial charge on any atom is -0.0318 e. The van der Waals surface area contributed by atoms with Gasteiger partial charge in [-0.1, -0.05) is 89.9 Å². The van der Waals surface area contributed by atoms with Crippen LogP contribution in [0.5, 0.6) is 0 Å². The molecule has 6 saturated carbocycles. The van der Waals surface area contributed by atoms with E-state index in [4.69, 9.17) is 0 Å².